The zero-order chi connectivity index (χ0) is 21.5. The predicted octanol–water partition coefficient (Wildman–Crippen LogP) is 2.83. The van der Waals surface area contributed by atoms with Crippen LogP contribution in [0.25, 0.3) is 11.2 Å². The Bertz CT molecular complexity index is 1050. The van der Waals surface area contributed by atoms with Crippen LogP contribution < -0.4 is 11.2 Å². The van der Waals surface area contributed by atoms with Crippen LogP contribution in [0.2, 0.25) is 0 Å². The molecule has 2 heterocycles. The third-order valence-corrected chi connectivity index (χ3v) is 6.90. The van der Waals surface area contributed by atoms with E-state index in [0.29, 0.717) is 30.7 Å². The Morgan fingerprint density at radius 1 is 1.03 bits per heavy atom. The van der Waals surface area contributed by atoms with Crippen LogP contribution in [0.5, 0.6) is 0 Å². The minimum Gasteiger partial charge on any atom is -0.438 e. The summed E-state index contributed by atoms with van der Waals surface area (Å²) in [5, 5.41) is 0. The highest BCUT2D eigenvalue weighted by atomic mass is 16.7. The second-order valence-corrected chi connectivity index (χ2v) is 8.69. The average molecular weight is 418 g/mol. The van der Waals surface area contributed by atoms with Crippen LogP contribution in [-0.4, -0.2) is 38.0 Å². The van der Waals surface area contributed by atoms with E-state index in [1.54, 1.807) is 4.57 Å². The number of H-pyrrole nitrogens is 1. The van der Waals surface area contributed by atoms with Crippen LogP contribution in [-0.2, 0) is 28.0 Å². The van der Waals surface area contributed by atoms with Crippen molar-refractivity contribution < 1.29 is 14.3 Å². The maximum Gasteiger partial charge on any atom is 0.508 e. The number of nitrogens with zero attached hydrogens (tertiary/aromatic N) is 3. The van der Waals surface area contributed by atoms with Crippen LogP contribution in [0.4, 0.5) is 4.79 Å². The molecule has 2 bridgehead atoms. The fourth-order valence-electron chi connectivity index (χ4n) is 5.14. The first-order valence-corrected chi connectivity index (χ1v) is 10.9. The zero-order valence-electron chi connectivity index (χ0n) is 18.0. The molecule has 2 aromatic heterocycles. The molecule has 2 aromatic rings. The first-order valence-electron chi connectivity index (χ1n) is 10.9. The number of imidazole rings is 1. The number of aromatic amines is 1. The minimum atomic E-state index is -0.631. The molecule has 9 heteroatoms. The molecule has 3 saturated carbocycles. The van der Waals surface area contributed by atoms with E-state index in [1.165, 1.54) is 11.7 Å². The third-order valence-electron chi connectivity index (χ3n) is 6.90. The molecule has 0 saturated heterocycles. The van der Waals surface area contributed by atoms with Gasteiger partial charge in [0.15, 0.2) is 5.65 Å². The number of methoxy groups -OCH3 is 1. The van der Waals surface area contributed by atoms with Gasteiger partial charge in [-0.15, -0.1) is 0 Å². The Kier molecular flexibility index (Phi) is 5.23. The lowest BCUT2D eigenvalue weighted by molar-refractivity contribution is -0.0956. The van der Waals surface area contributed by atoms with Gasteiger partial charge in [-0.3, -0.25) is 13.9 Å². The van der Waals surface area contributed by atoms with E-state index in [0.717, 1.165) is 50.8 Å². The van der Waals surface area contributed by atoms with Crippen LogP contribution >= 0.6 is 0 Å². The van der Waals surface area contributed by atoms with E-state index in [1.807, 2.05) is 13.8 Å². The highest BCUT2D eigenvalue weighted by Crippen LogP contribution is 2.54. The van der Waals surface area contributed by atoms with E-state index in [-0.39, 0.29) is 16.7 Å². The number of ether oxygens (including phenoxy) is 2. The number of carbonyl (C=O) groups is 1. The van der Waals surface area contributed by atoms with Crippen molar-refractivity contribution >= 4 is 17.3 Å². The van der Waals surface area contributed by atoms with Gasteiger partial charge in [-0.2, -0.15) is 0 Å². The molecule has 0 atom stereocenters. The van der Waals surface area contributed by atoms with Crippen molar-refractivity contribution in [1.82, 2.24) is 19.1 Å². The Labute approximate surface area is 174 Å². The highest BCUT2D eigenvalue weighted by Gasteiger charge is 2.53. The number of hydrogen-bond acceptors (Lipinski definition) is 6. The van der Waals surface area contributed by atoms with Gasteiger partial charge in [0.25, 0.3) is 5.56 Å². The van der Waals surface area contributed by atoms with Crippen molar-refractivity contribution in [1.29, 1.82) is 0 Å². The molecule has 1 N–H and O–H groups in total. The molecular formula is C21H30N4O5. The number of hydrogen-bond donors (Lipinski definition) is 1. The third kappa shape index (κ3) is 3.15. The summed E-state index contributed by atoms with van der Waals surface area (Å²) in [6.07, 6.45) is 5.50. The summed E-state index contributed by atoms with van der Waals surface area (Å²) in [6, 6.07) is 0. The van der Waals surface area contributed by atoms with Crippen LogP contribution in [0, 0.1) is 0 Å². The Balaban J connectivity index is 1.74. The number of nitrogens with one attached hydrogen (secondary N) is 1. The lowest BCUT2D eigenvalue weighted by Crippen LogP contribution is -2.51. The molecule has 164 valence electrons. The van der Waals surface area contributed by atoms with Gasteiger partial charge in [0.1, 0.15) is 16.9 Å². The number of aromatic nitrogens is 4. The van der Waals surface area contributed by atoms with E-state index in [2.05, 4.69) is 9.72 Å². The van der Waals surface area contributed by atoms with Gasteiger partial charge >= 0.3 is 11.8 Å². The minimum absolute atomic E-state index is 0.185. The molecular weight excluding hydrogens is 388 g/mol. The molecule has 0 aliphatic heterocycles. The molecule has 9 nitrogen and oxygen atoms in total. The second kappa shape index (κ2) is 7.59. The molecule has 3 fully saturated rings. The SMILES string of the molecule is CCCn1c(=O)c2[nH]c(C34CCC(OC(=O)OC)(CC3)CC4)nc2n(CCC)c1=O. The van der Waals surface area contributed by atoms with Crippen LogP contribution in [0.1, 0.15) is 71.0 Å². The summed E-state index contributed by atoms with van der Waals surface area (Å²) in [5.74, 6) is 0.777. The molecule has 0 spiro atoms. The molecule has 0 aromatic carbocycles. The van der Waals surface area contributed by atoms with E-state index in [9.17, 15) is 14.4 Å². The topological polar surface area (TPSA) is 108 Å². The highest BCUT2D eigenvalue weighted by molar-refractivity contribution is 5.70. The first-order chi connectivity index (χ1) is 14.4. The maximum absolute atomic E-state index is 13.0. The summed E-state index contributed by atoms with van der Waals surface area (Å²) in [4.78, 5) is 45.7. The fraction of sp³-hybridized carbons (Fsp3) is 0.714. The number of aryl methyl sites for hydroxylation is 1. The van der Waals surface area contributed by atoms with Gasteiger partial charge in [0.2, 0.25) is 0 Å². The normalized spacial score (nSPS) is 25.6. The van der Waals surface area contributed by atoms with Crippen molar-refractivity contribution in [2.24, 2.45) is 0 Å². The van der Waals surface area contributed by atoms with Crippen molar-refractivity contribution in [3.8, 4) is 0 Å². The van der Waals surface area contributed by atoms with E-state index in [4.69, 9.17) is 9.72 Å². The van der Waals surface area contributed by atoms with Gasteiger partial charge in [-0.05, 0) is 51.4 Å². The summed E-state index contributed by atoms with van der Waals surface area (Å²) < 4.78 is 13.2. The molecule has 5 rings (SSSR count). The summed E-state index contributed by atoms with van der Waals surface area (Å²) in [5.41, 5.74) is -0.362. The van der Waals surface area contributed by atoms with Gasteiger partial charge in [0.05, 0.1) is 7.11 Å². The van der Waals surface area contributed by atoms with Gasteiger partial charge in [0, 0.05) is 18.5 Å². The van der Waals surface area contributed by atoms with Crippen molar-refractivity contribution in [2.45, 2.75) is 89.3 Å². The van der Waals surface area contributed by atoms with Gasteiger partial charge in [-0.1, -0.05) is 13.8 Å². The monoisotopic (exact) mass is 418 g/mol. The molecule has 3 aliphatic rings. The fourth-order valence-corrected chi connectivity index (χ4v) is 5.14. The summed E-state index contributed by atoms with van der Waals surface area (Å²) in [7, 11) is 1.32. The smallest absolute Gasteiger partial charge is 0.438 e. The molecule has 3 aliphatic carbocycles. The van der Waals surface area contributed by atoms with Crippen molar-refractivity contribution in [3.63, 3.8) is 0 Å². The molecule has 0 unspecified atom stereocenters. The molecule has 30 heavy (non-hydrogen) atoms. The standard InChI is InChI=1S/C21H30N4O5/c1-4-12-24-15-14(16(26)25(13-5-2)18(24)27)22-17(23-15)20-6-9-21(10-7-20,11-8-20)30-19(28)29-3/h4-13H2,1-3H3,(H,22,23). The molecule has 0 radical (unpaired) electrons. The van der Waals surface area contributed by atoms with Crippen molar-refractivity contribution in [2.75, 3.05) is 7.11 Å². The van der Waals surface area contributed by atoms with E-state index < -0.39 is 11.8 Å². The van der Waals surface area contributed by atoms with Gasteiger partial charge in [-0.25, -0.2) is 14.6 Å². The van der Waals surface area contributed by atoms with Crippen LogP contribution in [0.15, 0.2) is 9.59 Å². The van der Waals surface area contributed by atoms with Crippen molar-refractivity contribution in [3.05, 3.63) is 26.7 Å². The van der Waals surface area contributed by atoms with Gasteiger partial charge < -0.3 is 14.5 Å². The maximum atomic E-state index is 13.0. The predicted molar refractivity (Wildman–Crippen MR) is 111 cm³/mol. The lowest BCUT2D eigenvalue weighted by atomic mass is 9.58. The number of fused-ring (bicyclic) bond motifs is 4. The Morgan fingerprint density at radius 2 is 1.63 bits per heavy atom. The number of carbonyl (C=O) groups excluding carboxylic acids is 1. The quantitative estimate of drug-likeness (QED) is 0.723. The largest absolute Gasteiger partial charge is 0.508 e. The second-order valence-electron chi connectivity index (χ2n) is 8.69. The average Bonchev–Trinajstić information content (AvgIpc) is 3.21. The van der Waals surface area contributed by atoms with E-state index >= 15 is 0 Å². The lowest BCUT2D eigenvalue weighted by Gasteiger charge is -2.51. The summed E-state index contributed by atoms with van der Waals surface area (Å²) >= 11 is 0. The number of rotatable bonds is 6. The Hall–Kier alpha value is -2.58. The Morgan fingerprint density at radius 3 is 2.20 bits per heavy atom. The first kappa shape index (κ1) is 20.7. The zero-order valence-corrected chi connectivity index (χ0v) is 18.0. The summed E-state index contributed by atoms with van der Waals surface area (Å²) in [6.45, 7) is 4.87. The molecule has 0 amide bonds. The van der Waals surface area contributed by atoms with Crippen LogP contribution in [0.3, 0.4) is 0 Å².